The van der Waals surface area contributed by atoms with Crippen LogP contribution in [0.4, 0.5) is 11.4 Å². The quantitative estimate of drug-likeness (QED) is 0.519. The highest BCUT2D eigenvalue weighted by atomic mass is 79.9. The molecule has 2 nitrogen and oxygen atoms in total. The van der Waals surface area contributed by atoms with Gasteiger partial charge >= 0.3 is 0 Å². The second kappa shape index (κ2) is 6.65. The van der Waals surface area contributed by atoms with Gasteiger partial charge in [0.05, 0.1) is 10.7 Å². The van der Waals surface area contributed by atoms with E-state index in [9.17, 15) is 0 Å². The van der Waals surface area contributed by atoms with Crippen LogP contribution in [-0.2, 0) is 0 Å². The van der Waals surface area contributed by atoms with Crippen molar-refractivity contribution in [2.24, 2.45) is 0 Å². The summed E-state index contributed by atoms with van der Waals surface area (Å²) in [6, 6.07) is 19.9. The highest BCUT2D eigenvalue weighted by molar-refractivity contribution is 9.10. The van der Waals surface area contributed by atoms with Crippen molar-refractivity contribution in [2.75, 3.05) is 10.6 Å². The molecule has 110 valence electrons. The summed E-state index contributed by atoms with van der Waals surface area (Å²) < 4.78 is 0.927. The molecule has 0 atom stereocenters. The van der Waals surface area contributed by atoms with Gasteiger partial charge in [-0.25, -0.2) is 0 Å². The SMILES string of the molecule is S=C(Nc1ccc2ccccc2c1)Nc1ccc(Br)cc1Cl. The molecule has 5 heteroatoms. The topological polar surface area (TPSA) is 24.1 Å². The van der Waals surface area contributed by atoms with Crippen molar-refractivity contribution < 1.29 is 0 Å². The normalized spacial score (nSPS) is 10.5. The standard InChI is InChI=1S/C17H12BrClN2S/c18-13-6-8-16(15(19)10-13)21-17(22)20-14-7-5-11-3-1-2-4-12(11)9-14/h1-10H,(H2,20,21,22). The Labute approximate surface area is 147 Å². The van der Waals surface area contributed by atoms with E-state index in [0.29, 0.717) is 10.1 Å². The summed E-state index contributed by atoms with van der Waals surface area (Å²) in [5.41, 5.74) is 1.70. The second-order valence-corrected chi connectivity index (χ2v) is 6.50. The number of fused-ring (bicyclic) bond motifs is 1. The smallest absolute Gasteiger partial charge is 0.175 e. The van der Waals surface area contributed by atoms with Crippen LogP contribution in [0.2, 0.25) is 5.02 Å². The first-order valence-corrected chi connectivity index (χ1v) is 8.21. The fourth-order valence-corrected chi connectivity index (χ4v) is 3.09. The van der Waals surface area contributed by atoms with E-state index in [0.717, 1.165) is 21.2 Å². The van der Waals surface area contributed by atoms with E-state index in [1.54, 1.807) is 0 Å². The van der Waals surface area contributed by atoms with Crippen LogP contribution in [0.25, 0.3) is 10.8 Å². The number of rotatable bonds is 2. The van der Waals surface area contributed by atoms with Gasteiger partial charge in [0.2, 0.25) is 0 Å². The third kappa shape index (κ3) is 3.58. The molecule has 3 aromatic carbocycles. The molecule has 0 radical (unpaired) electrons. The Bertz CT molecular complexity index is 851. The number of hydrogen-bond donors (Lipinski definition) is 2. The van der Waals surface area contributed by atoms with Gasteiger partial charge in [0.25, 0.3) is 0 Å². The van der Waals surface area contributed by atoms with Crippen molar-refractivity contribution in [3.8, 4) is 0 Å². The predicted octanol–water partition coefficient (Wildman–Crippen LogP) is 6.06. The van der Waals surface area contributed by atoms with Crippen LogP contribution in [0, 0.1) is 0 Å². The maximum atomic E-state index is 6.17. The van der Waals surface area contributed by atoms with Crippen molar-refractivity contribution in [1.82, 2.24) is 0 Å². The molecule has 0 aromatic heterocycles. The molecule has 0 aliphatic carbocycles. The van der Waals surface area contributed by atoms with Crippen molar-refractivity contribution in [2.45, 2.75) is 0 Å². The molecule has 0 saturated carbocycles. The molecule has 0 amide bonds. The molecular formula is C17H12BrClN2S. The van der Waals surface area contributed by atoms with Crippen LogP contribution in [-0.4, -0.2) is 5.11 Å². The van der Waals surface area contributed by atoms with Gasteiger partial charge in [-0.3, -0.25) is 0 Å². The van der Waals surface area contributed by atoms with E-state index in [-0.39, 0.29) is 0 Å². The molecule has 0 fully saturated rings. The largest absolute Gasteiger partial charge is 0.332 e. The molecule has 3 aromatic rings. The first-order valence-electron chi connectivity index (χ1n) is 6.64. The van der Waals surface area contributed by atoms with Gasteiger partial charge in [0.1, 0.15) is 0 Å². The van der Waals surface area contributed by atoms with E-state index < -0.39 is 0 Å². The number of anilines is 2. The van der Waals surface area contributed by atoms with Crippen molar-refractivity contribution in [3.63, 3.8) is 0 Å². The lowest BCUT2D eigenvalue weighted by molar-refractivity contribution is 1.59. The van der Waals surface area contributed by atoms with Crippen molar-refractivity contribution in [1.29, 1.82) is 0 Å². The van der Waals surface area contributed by atoms with Gasteiger partial charge in [-0.05, 0) is 53.3 Å². The predicted molar refractivity (Wildman–Crippen MR) is 103 cm³/mol. The number of halogens is 2. The summed E-state index contributed by atoms with van der Waals surface area (Å²) in [6.07, 6.45) is 0. The molecule has 0 spiro atoms. The zero-order valence-electron chi connectivity index (χ0n) is 11.4. The van der Waals surface area contributed by atoms with Gasteiger partial charge < -0.3 is 10.6 Å². The molecule has 0 heterocycles. The second-order valence-electron chi connectivity index (χ2n) is 4.77. The Balaban J connectivity index is 1.75. The summed E-state index contributed by atoms with van der Waals surface area (Å²) in [6.45, 7) is 0. The average Bonchev–Trinajstić information content (AvgIpc) is 2.50. The monoisotopic (exact) mass is 390 g/mol. The fourth-order valence-electron chi connectivity index (χ4n) is 2.14. The molecule has 0 saturated heterocycles. The van der Waals surface area contributed by atoms with Crippen LogP contribution in [0.1, 0.15) is 0 Å². The Morgan fingerprint density at radius 2 is 1.68 bits per heavy atom. The number of thiocarbonyl (C=S) groups is 1. The van der Waals surface area contributed by atoms with Crippen molar-refractivity contribution >= 4 is 67.0 Å². The lowest BCUT2D eigenvalue weighted by Gasteiger charge is -2.12. The van der Waals surface area contributed by atoms with E-state index in [1.807, 2.05) is 36.4 Å². The summed E-state index contributed by atoms with van der Waals surface area (Å²) >= 11 is 14.9. The van der Waals surface area contributed by atoms with Gasteiger partial charge in [0, 0.05) is 10.2 Å². The molecule has 0 unspecified atom stereocenters. The van der Waals surface area contributed by atoms with Crippen LogP contribution in [0.3, 0.4) is 0 Å². The Kier molecular flexibility index (Phi) is 4.62. The number of hydrogen-bond acceptors (Lipinski definition) is 1. The third-order valence-electron chi connectivity index (χ3n) is 3.19. The summed E-state index contributed by atoms with van der Waals surface area (Å²) in [4.78, 5) is 0. The minimum Gasteiger partial charge on any atom is -0.332 e. The zero-order valence-corrected chi connectivity index (χ0v) is 14.6. The Morgan fingerprint density at radius 3 is 2.45 bits per heavy atom. The van der Waals surface area contributed by atoms with Crippen LogP contribution in [0.5, 0.6) is 0 Å². The van der Waals surface area contributed by atoms with Gasteiger partial charge in [-0.1, -0.05) is 57.9 Å². The van der Waals surface area contributed by atoms with Gasteiger partial charge in [-0.15, -0.1) is 0 Å². The zero-order chi connectivity index (χ0) is 15.5. The molecule has 0 bridgehead atoms. The van der Waals surface area contributed by atoms with E-state index in [1.165, 1.54) is 5.39 Å². The van der Waals surface area contributed by atoms with Crippen LogP contribution >= 0.6 is 39.7 Å². The van der Waals surface area contributed by atoms with E-state index in [2.05, 4.69) is 50.8 Å². The summed E-state index contributed by atoms with van der Waals surface area (Å²) in [7, 11) is 0. The number of benzene rings is 3. The Morgan fingerprint density at radius 1 is 0.909 bits per heavy atom. The van der Waals surface area contributed by atoms with Crippen LogP contribution < -0.4 is 10.6 Å². The first-order chi connectivity index (χ1) is 10.6. The van der Waals surface area contributed by atoms with Crippen LogP contribution in [0.15, 0.2) is 65.1 Å². The van der Waals surface area contributed by atoms with E-state index >= 15 is 0 Å². The van der Waals surface area contributed by atoms with E-state index in [4.69, 9.17) is 23.8 Å². The van der Waals surface area contributed by atoms with Gasteiger partial charge in [-0.2, -0.15) is 0 Å². The fraction of sp³-hybridized carbons (Fsp3) is 0. The molecule has 0 aliphatic rings. The third-order valence-corrected chi connectivity index (χ3v) is 4.20. The van der Waals surface area contributed by atoms with Crippen molar-refractivity contribution in [3.05, 3.63) is 70.2 Å². The summed E-state index contributed by atoms with van der Waals surface area (Å²) in [5.74, 6) is 0. The molecule has 22 heavy (non-hydrogen) atoms. The maximum Gasteiger partial charge on any atom is 0.175 e. The lowest BCUT2D eigenvalue weighted by Crippen LogP contribution is -2.19. The average molecular weight is 392 g/mol. The molecular weight excluding hydrogens is 380 g/mol. The highest BCUT2D eigenvalue weighted by Gasteiger charge is 2.04. The first kappa shape index (κ1) is 15.3. The molecule has 2 N–H and O–H groups in total. The minimum absolute atomic E-state index is 0.500. The minimum atomic E-state index is 0.500. The number of nitrogens with one attached hydrogen (secondary N) is 2. The molecule has 0 aliphatic heterocycles. The Hall–Kier alpha value is -1.62. The maximum absolute atomic E-state index is 6.17. The summed E-state index contributed by atoms with van der Waals surface area (Å²) in [5, 5.41) is 9.74. The molecule has 3 rings (SSSR count). The van der Waals surface area contributed by atoms with Gasteiger partial charge in [0.15, 0.2) is 5.11 Å². The lowest BCUT2D eigenvalue weighted by atomic mass is 10.1. The highest BCUT2D eigenvalue weighted by Crippen LogP contribution is 2.26.